The highest BCUT2D eigenvalue weighted by Gasteiger charge is 2.11. The molecule has 1 amide bonds. The third-order valence-corrected chi connectivity index (χ3v) is 5.03. The molecule has 2 heterocycles. The lowest BCUT2D eigenvalue weighted by Crippen LogP contribution is -2.24. The third-order valence-electron chi connectivity index (χ3n) is 5.03. The number of nitrogens with zero attached hydrogens (tertiary/aromatic N) is 3. The van der Waals surface area contributed by atoms with E-state index in [4.69, 9.17) is 6.42 Å². The summed E-state index contributed by atoms with van der Waals surface area (Å²) in [5, 5.41) is 3.42. The van der Waals surface area contributed by atoms with Crippen LogP contribution >= 0.6 is 0 Å². The molecular formula is C25H21N5O2. The van der Waals surface area contributed by atoms with Gasteiger partial charge in [-0.15, -0.1) is 6.42 Å². The van der Waals surface area contributed by atoms with Crippen LogP contribution in [0.4, 0.5) is 5.69 Å². The Morgan fingerprint density at radius 1 is 1.12 bits per heavy atom. The van der Waals surface area contributed by atoms with E-state index in [0.29, 0.717) is 36.1 Å². The third kappa shape index (κ3) is 4.82. The van der Waals surface area contributed by atoms with Crippen LogP contribution in [0.3, 0.4) is 0 Å². The topological polar surface area (TPSA) is 91.0 Å². The summed E-state index contributed by atoms with van der Waals surface area (Å²) in [4.78, 5) is 37.3. The van der Waals surface area contributed by atoms with Crippen molar-refractivity contribution in [2.75, 3.05) is 11.4 Å². The normalized spacial score (nSPS) is 10.5. The molecule has 0 aliphatic rings. The first-order valence-electron chi connectivity index (χ1n) is 10.1. The van der Waals surface area contributed by atoms with Crippen molar-refractivity contribution in [3.63, 3.8) is 0 Å². The molecule has 7 heteroatoms. The van der Waals surface area contributed by atoms with E-state index in [9.17, 15) is 9.59 Å². The first kappa shape index (κ1) is 20.8. The van der Waals surface area contributed by atoms with Crippen LogP contribution in [0, 0.1) is 12.3 Å². The maximum Gasteiger partial charge on any atom is 0.258 e. The zero-order chi connectivity index (χ0) is 22.3. The number of amides is 1. The molecule has 32 heavy (non-hydrogen) atoms. The minimum atomic E-state index is -0.179. The summed E-state index contributed by atoms with van der Waals surface area (Å²) in [6, 6.07) is 16.6. The van der Waals surface area contributed by atoms with E-state index in [1.807, 2.05) is 47.4 Å². The number of aromatic amines is 1. The summed E-state index contributed by atoms with van der Waals surface area (Å²) < 4.78 is 0. The number of hydrogen-bond donors (Lipinski definition) is 2. The maximum atomic E-state index is 12.5. The molecule has 7 nitrogen and oxygen atoms in total. The van der Waals surface area contributed by atoms with Crippen molar-refractivity contribution < 1.29 is 4.79 Å². The molecule has 0 radical (unpaired) electrons. The summed E-state index contributed by atoms with van der Waals surface area (Å²) in [5.41, 5.74) is 3.77. The molecule has 0 atom stereocenters. The molecule has 158 valence electrons. The number of carbonyl (C=O) groups excluding carboxylic acids is 1. The molecule has 0 spiro atoms. The van der Waals surface area contributed by atoms with Crippen molar-refractivity contribution in [2.45, 2.75) is 13.1 Å². The van der Waals surface area contributed by atoms with Crippen LogP contribution in [0.15, 0.2) is 78.1 Å². The second-order valence-corrected chi connectivity index (χ2v) is 7.23. The van der Waals surface area contributed by atoms with Crippen LogP contribution in [0.5, 0.6) is 0 Å². The average molecular weight is 423 g/mol. The number of anilines is 1. The number of hydrogen-bond acceptors (Lipinski definition) is 5. The van der Waals surface area contributed by atoms with Crippen molar-refractivity contribution in [1.82, 2.24) is 20.3 Å². The summed E-state index contributed by atoms with van der Waals surface area (Å²) in [6.07, 6.45) is 10.4. The lowest BCUT2D eigenvalue weighted by atomic mass is 10.1. The molecule has 4 rings (SSSR count). The molecule has 4 aromatic rings. The second kappa shape index (κ2) is 9.58. The summed E-state index contributed by atoms with van der Waals surface area (Å²) >= 11 is 0. The van der Waals surface area contributed by atoms with Gasteiger partial charge in [0.05, 0.1) is 23.8 Å². The Morgan fingerprint density at radius 2 is 1.97 bits per heavy atom. The molecule has 2 aromatic carbocycles. The van der Waals surface area contributed by atoms with Crippen LogP contribution in [-0.4, -0.2) is 27.4 Å². The minimum Gasteiger partial charge on any atom is -0.356 e. The van der Waals surface area contributed by atoms with Gasteiger partial charge in [0.2, 0.25) is 0 Å². The van der Waals surface area contributed by atoms with Crippen molar-refractivity contribution in [1.29, 1.82) is 0 Å². The first-order chi connectivity index (χ1) is 15.6. The second-order valence-electron chi connectivity index (χ2n) is 7.23. The van der Waals surface area contributed by atoms with Crippen molar-refractivity contribution in [3.05, 3.63) is 100 Å². The Morgan fingerprint density at radius 3 is 2.72 bits per heavy atom. The summed E-state index contributed by atoms with van der Waals surface area (Å²) in [6.45, 7) is 1.31. The van der Waals surface area contributed by atoms with Gasteiger partial charge in [0, 0.05) is 36.7 Å². The van der Waals surface area contributed by atoms with E-state index in [2.05, 4.69) is 26.2 Å². The van der Waals surface area contributed by atoms with Gasteiger partial charge in [0.25, 0.3) is 11.5 Å². The lowest BCUT2D eigenvalue weighted by Gasteiger charge is -2.23. The Kier molecular flexibility index (Phi) is 6.23. The van der Waals surface area contributed by atoms with E-state index in [1.165, 1.54) is 6.33 Å². The molecule has 0 saturated carbocycles. The smallest absolute Gasteiger partial charge is 0.258 e. The maximum absolute atomic E-state index is 12.5. The number of benzene rings is 2. The van der Waals surface area contributed by atoms with Crippen molar-refractivity contribution >= 4 is 22.5 Å². The number of pyridine rings is 1. The number of H-pyrrole nitrogens is 1. The number of rotatable bonds is 7. The van der Waals surface area contributed by atoms with Gasteiger partial charge in [-0.2, -0.15) is 0 Å². The number of terminal acetylenes is 1. The molecule has 0 aliphatic heterocycles. The van der Waals surface area contributed by atoms with Crippen LogP contribution in [0.2, 0.25) is 0 Å². The fraction of sp³-hybridized carbons (Fsp3) is 0.120. The predicted molar refractivity (Wildman–Crippen MR) is 124 cm³/mol. The molecular weight excluding hydrogens is 402 g/mol. The monoisotopic (exact) mass is 423 g/mol. The minimum absolute atomic E-state index is 0.162. The van der Waals surface area contributed by atoms with E-state index in [0.717, 1.165) is 16.8 Å². The SMILES string of the molecule is C#CCN(Cc1ccc2nc[nH]c(=O)c2c1)c1ccc(C(=O)NCc2cccnc2)cc1. The Balaban J connectivity index is 1.48. The molecule has 2 aromatic heterocycles. The Hall–Kier alpha value is -4.44. The van der Waals surface area contributed by atoms with Gasteiger partial charge in [-0.25, -0.2) is 4.98 Å². The van der Waals surface area contributed by atoms with Gasteiger partial charge in [-0.3, -0.25) is 14.6 Å². The van der Waals surface area contributed by atoms with E-state index in [1.54, 1.807) is 24.5 Å². The highest BCUT2D eigenvalue weighted by molar-refractivity contribution is 5.94. The van der Waals surface area contributed by atoms with Crippen molar-refractivity contribution in [2.24, 2.45) is 0 Å². The fourth-order valence-electron chi connectivity index (χ4n) is 3.39. The van der Waals surface area contributed by atoms with Gasteiger partial charge < -0.3 is 15.2 Å². The first-order valence-corrected chi connectivity index (χ1v) is 10.1. The van der Waals surface area contributed by atoms with Gasteiger partial charge in [0.1, 0.15) is 0 Å². The van der Waals surface area contributed by atoms with Crippen LogP contribution in [-0.2, 0) is 13.1 Å². The van der Waals surface area contributed by atoms with Gasteiger partial charge >= 0.3 is 0 Å². The fourth-order valence-corrected chi connectivity index (χ4v) is 3.39. The van der Waals surface area contributed by atoms with E-state index in [-0.39, 0.29) is 11.5 Å². The summed E-state index contributed by atoms with van der Waals surface area (Å²) in [7, 11) is 0. The molecule has 0 unspecified atom stereocenters. The van der Waals surface area contributed by atoms with Crippen molar-refractivity contribution in [3.8, 4) is 12.3 Å². The predicted octanol–water partition coefficient (Wildman–Crippen LogP) is 2.89. The molecule has 0 aliphatic carbocycles. The van der Waals surface area contributed by atoms with Crippen LogP contribution in [0.25, 0.3) is 10.9 Å². The van der Waals surface area contributed by atoms with E-state index < -0.39 is 0 Å². The highest BCUT2D eigenvalue weighted by atomic mass is 16.1. The number of carbonyl (C=O) groups is 1. The quantitative estimate of drug-likeness (QED) is 0.446. The average Bonchev–Trinajstić information content (AvgIpc) is 2.83. The lowest BCUT2D eigenvalue weighted by molar-refractivity contribution is 0.0951. The van der Waals surface area contributed by atoms with Gasteiger partial charge in [0.15, 0.2) is 0 Å². The molecule has 0 saturated heterocycles. The largest absolute Gasteiger partial charge is 0.356 e. The van der Waals surface area contributed by atoms with Crippen LogP contribution < -0.4 is 15.8 Å². The summed E-state index contributed by atoms with van der Waals surface area (Å²) in [5.74, 6) is 2.51. The molecule has 0 fully saturated rings. The van der Waals surface area contributed by atoms with Gasteiger partial charge in [-0.1, -0.05) is 18.1 Å². The molecule has 0 bridgehead atoms. The molecule has 2 N–H and O–H groups in total. The van der Waals surface area contributed by atoms with Gasteiger partial charge in [-0.05, 0) is 53.6 Å². The van der Waals surface area contributed by atoms with E-state index >= 15 is 0 Å². The number of fused-ring (bicyclic) bond motifs is 1. The Labute approximate surface area is 185 Å². The Bertz CT molecular complexity index is 1320. The zero-order valence-electron chi connectivity index (χ0n) is 17.3. The number of nitrogens with one attached hydrogen (secondary N) is 2. The highest BCUT2D eigenvalue weighted by Crippen LogP contribution is 2.19. The number of aromatic nitrogens is 3. The van der Waals surface area contributed by atoms with Crippen LogP contribution in [0.1, 0.15) is 21.5 Å². The standard InChI is InChI=1S/C25H21N5O2/c1-2-12-30(16-18-5-10-23-22(13-18)25(32)29-17-28-23)21-8-6-20(7-9-21)24(31)27-15-19-4-3-11-26-14-19/h1,3-11,13-14,17H,12,15-16H2,(H,27,31)(H,28,29,32). The zero-order valence-corrected chi connectivity index (χ0v) is 17.3.